The first-order valence-corrected chi connectivity index (χ1v) is 10.5. The van der Waals surface area contributed by atoms with E-state index >= 15 is 0 Å². The SMILES string of the molecule is CC.CC.CC.CCCN1CCC(N2CCN(CC)CC2)CC1. The third-order valence-electron chi connectivity index (χ3n) is 4.47. The maximum atomic E-state index is 2.75. The zero-order chi connectivity index (χ0) is 18.1. The highest BCUT2D eigenvalue weighted by Crippen LogP contribution is 2.18. The fourth-order valence-corrected chi connectivity index (χ4v) is 3.27. The van der Waals surface area contributed by atoms with E-state index in [1.165, 1.54) is 71.6 Å². The van der Waals surface area contributed by atoms with Crippen molar-refractivity contribution in [2.24, 2.45) is 0 Å². The summed E-state index contributed by atoms with van der Waals surface area (Å²) in [4.78, 5) is 7.96. The molecule has 3 heteroatoms. The van der Waals surface area contributed by atoms with Gasteiger partial charge in [-0.05, 0) is 45.4 Å². The van der Waals surface area contributed by atoms with Gasteiger partial charge in [0.15, 0.2) is 0 Å². The molecule has 0 unspecified atom stereocenters. The van der Waals surface area contributed by atoms with Crippen molar-refractivity contribution in [2.75, 3.05) is 52.4 Å². The standard InChI is InChI=1S/C14H29N3.3C2H6/c1-3-7-16-8-5-14(6-9-16)17-12-10-15(4-2)11-13-17;3*1-2/h14H,3-13H2,1-2H3;3*1-2H3. The molecule has 0 atom stereocenters. The van der Waals surface area contributed by atoms with Crippen LogP contribution in [0.2, 0.25) is 0 Å². The molecule has 0 N–H and O–H groups in total. The summed E-state index contributed by atoms with van der Waals surface area (Å²) in [5.74, 6) is 0. The first-order valence-electron chi connectivity index (χ1n) is 10.5. The van der Waals surface area contributed by atoms with Gasteiger partial charge < -0.3 is 9.80 Å². The summed E-state index contributed by atoms with van der Waals surface area (Å²) < 4.78 is 0. The van der Waals surface area contributed by atoms with Crippen LogP contribution >= 0.6 is 0 Å². The minimum atomic E-state index is 0.877. The molecule has 0 aliphatic carbocycles. The van der Waals surface area contributed by atoms with Crippen molar-refractivity contribution in [3.05, 3.63) is 0 Å². The summed E-state index contributed by atoms with van der Waals surface area (Å²) in [5, 5.41) is 0. The maximum Gasteiger partial charge on any atom is 0.0121 e. The van der Waals surface area contributed by atoms with Gasteiger partial charge in [0.05, 0.1) is 0 Å². The smallest absolute Gasteiger partial charge is 0.0121 e. The van der Waals surface area contributed by atoms with E-state index < -0.39 is 0 Å². The Bertz CT molecular complexity index is 205. The van der Waals surface area contributed by atoms with Crippen LogP contribution in [-0.2, 0) is 0 Å². The van der Waals surface area contributed by atoms with Gasteiger partial charge >= 0.3 is 0 Å². The molecule has 2 heterocycles. The number of likely N-dealkylation sites (N-methyl/N-ethyl adjacent to an activating group) is 1. The van der Waals surface area contributed by atoms with Crippen molar-refractivity contribution in [3.63, 3.8) is 0 Å². The van der Waals surface area contributed by atoms with E-state index in [2.05, 4.69) is 28.5 Å². The molecule has 0 spiro atoms. The van der Waals surface area contributed by atoms with Crippen molar-refractivity contribution >= 4 is 0 Å². The summed E-state index contributed by atoms with van der Waals surface area (Å²) in [5.41, 5.74) is 0. The second-order valence-electron chi connectivity index (χ2n) is 5.54. The molecule has 0 aromatic rings. The molecule has 2 rings (SSSR count). The molecule has 2 fully saturated rings. The fraction of sp³-hybridized carbons (Fsp3) is 1.00. The van der Waals surface area contributed by atoms with Crippen molar-refractivity contribution in [1.29, 1.82) is 0 Å². The molecule has 0 amide bonds. The lowest BCUT2D eigenvalue weighted by atomic mass is 10.0. The Hall–Kier alpha value is -0.120. The minimum Gasteiger partial charge on any atom is -0.303 e. The number of likely N-dealkylation sites (tertiary alicyclic amines) is 1. The van der Waals surface area contributed by atoms with Crippen LogP contribution in [0.4, 0.5) is 0 Å². The van der Waals surface area contributed by atoms with Crippen LogP contribution in [0.3, 0.4) is 0 Å². The lowest BCUT2D eigenvalue weighted by Crippen LogP contribution is -2.53. The molecule has 2 aliphatic rings. The van der Waals surface area contributed by atoms with Crippen LogP contribution in [-0.4, -0.2) is 73.1 Å². The molecule has 2 aliphatic heterocycles. The van der Waals surface area contributed by atoms with Gasteiger partial charge in [0, 0.05) is 32.2 Å². The zero-order valence-corrected chi connectivity index (χ0v) is 17.7. The highest BCUT2D eigenvalue weighted by molar-refractivity contribution is 4.83. The van der Waals surface area contributed by atoms with Crippen molar-refractivity contribution in [3.8, 4) is 0 Å². The van der Waals surface area contributed by atoms with Crippen LogP contribution in [0.25, 0.3) is 0 Å². The number of piperidine rings is 1. The van der Waals surface area contributed by atoms with E-state index in [-0.39, 0.29) is 0 Å². The number of hydrogen-bond donors (Lipinski definition) is 0. The third-order valence-corrected chi connectivity index (χ3v) is 4.47. The van der Waals surface area contributed by atoms with Crippen molar-refractivity contribution in [1.82, 2.24) is 14.7 Å². The van der Waals surface area contributed by atoms with Crippen molar-refractivity contribution in [2.45, 2.75) is 80.7 Å². The lowest BCUT2D eigenvalue weighted by molar-refractivity contribution is 0.0612. The summed E-state index contributed by atoms with van der Waals surface area (Å²) in [6.07, 6.45) is 4.10. The van der Waals surface area contributed by atoms with Crippen molar-refractivity contribution < 1.29 is 0 Å². The second-order valence-corrected chi connectivity index (χ2v) is 5.54. The molecule has 0 aromatic heterocycles. The van der Waals surface area contributed by atoms with E-state index in [0.717, 1.165) is 6.04 Å². The topological polar surface area (TPSA) is 9.72 Å². The molecule has 0 saturated carbocycles. The summed E-state index contributed by atoms with van der Waals surface area (Å²) in [7, 11) is 0. The number of rotatable bonds is 4. The molecule has 3 nitrogen and oxygen atoms in total. The maximum absolute atomic E-state index is 2.75. The summed E-state index contributed by atoms with van der Waals surface area (Å²) >= 11 is 0. The first kappa shape index (κ1) is 25.1. The van der Waals surface area contributed by atoms with Gasteiger partial charge in [-0.15, -0.1) is 0 Å². The molecular formula is C20H47N3. The molecule has 0 bridgehead atoms. The zero-order valence-electron chi connectivity index (χ0n) is 17.7. The van der Waals surface area contributed by atoms with E-state index in [1.54, 1.807) is 0 Å². The monoisotopic (exact) mass is 329 g/mol. The number of piperazine rings is 1. The van der Waals surface area contributed by atoms with E-state index in [9.17, 15) is 0 Å². The van der Waals surface area contributed by atoms with Crippen LogP contribution in [0.1, 0.15) is 74.7 Å². The Kier molecular flexibility index (Phi) is 19.9. The van der Waals surface area contributed by atoms with Gasteiger partial charge in [-0.1, -0.05) is 55.4 Å². The largest absolute Gasteiger partial charge is 0.303 e. The molecule has 0 radical (unpaired) electrons. The van der Waals surface area contributed by atoms with Crippen LogP contribution < -0.4 is 0 Å². The fourth-order valence-electron chi connectivity index (χ4n) is 3.27. The van der Waals surface area contributed by atoms with Crippen LogP contribution in [0.5, 0.6) is 0 Å². The normalized spacial score (nSPS) is 20.3. The van der Waals surface area contributed by atoms with E-state index in [0.29, 0.717) is 0 Å². The molecule has 142 valence electrons. The predicted molar refractivity (Wildman–Crippen MR) is 107 cm³/mol. The third kappa shape index (κ3) is 10.4. The van der Waals surface area contributed by atoms with Gasteiger partial charge in [-0.25, -0.2) is 0 Å². The van der Waals surface area contributed by atoms with Crippen LogP contribution in [0, 0.1) is 0 Å². The Balaban J connectivity index is 0. The first-order chi connectivity index (χ1) is 11.3. The predicted octanol–water partition coefficient (Wildman–Crippen LogP) is 4.58. The van der Waals surface area contributed by atoms with Gasteiger partial charge in [0.1, 0.15) is 0 Å². The lowest BCUT2D eigenvalue weighted by Gasteiger charge is -2.42. The van der Waals surface area contributed by atoms with Gasteiger partial charge in [0.2, 0.25) is 0 Å². The van der Waals surface area contributed by atoms with E-state index in [1.807, 2.05) is 41.5 Å². The van der Waals surface area contributed by atoms with Crippen LogP contribution in [0.15, 0.2) is 0 Å². The number of nitrogens with zero attached hydrogens (tertiary/aromatic N) is 3. The average Bonchev–Trinajstić information content (AvgIpc) is 2.68. The van der Waals surface area contributed by atoms with E-state index in [4.69, 9.17) is 0 Å². The summed E-state index contributed by atoms with van der Waals surface area (Å²) in [6, 6.07) is 0.877. The Morgan fingerprint density at radius 2 is 1.13 bits per heavy atom. The molecule has 0 aromatic carbocycles. The van der Waals surface area contributed by atoms with Gasteiger partial charge in [-0.2, -0.15) is 0 Å². The summed E-state index contributed by atoms with van der Waals surface area (Å²) in [6.45, 7) is 26.9. The molecular weight excluding hydrogens is 282 g/mol. The number of hydrogen-bond acceptors (Lipinski definition) is 3. The second kappa shape index (κ2) is 18.2. The highest BCUT2D eigenvalue weighted by Gasteiger charge is 2.26. The quantitative estimate of drug-likeness (QED) is 0.747. The Morgan fingerprint density at radius 1 is 0.652 bits per heavy atom. The van der Waals surface area contributed by atoms with Gasteiger partial charge in [0.25, 0.3) is 0 Å². The minimum absolute atomic E-state index is 0.877. The molecule has 23 heavy (non-hydrogen) atoms. The Morgan fingerprint density at radius 3 is 1.52 bits per heavy atom. The Labute approximate surface area is 148 Å². The average molecular weight is 330 g/mol. The highest BCUT2D eigenvalue weighted by atomic mass is 15.3. The van der Waals surface area contributed by atoms with Gasteiger partial charge in [-0.3, -0.25) is 4.90 Å². The molecule has 2 saturated heterocycles.